The molecule has 0 radical (unpaired) electrons. The molecule has 37 heavy (non-hydrogen) atoms. The largest absolute Gasteiger partial charge is 0.573 e. The zero-order valence-electron chi connectivity index (χ0n) is 20.0. The van der Waals surface area contributed by atoms with Crippen LogP contribution in [0.4, 0.5) is 26.3 Å². The lowest BCUT2D eigenvalue weighted by Gasteiger charge is -2.12. The lowest BCUT2D eigenvalue weighted by atomic mass is 9.97. The predicted molar refractivity (Wildman–Crippen MR) is 129 cm³/mol. The molecule has 4 aromatic carbocycles. The van der Waals surface area contributed by atoms with E-state index >= 15 is 4.39 Å². The van der Waals surface area contributed by atoms with Gasteiger partial charge in [-0.25, -0.2) is 13.2 Å². The van der Waals surface area contributed by atoms with E-state index in [0.29, 0.717) is 17.6 Å². The molecule has 0 bridgehead atoms. The highest BCUT2D eigenvalue weighted by atomic mass is 19.4. The molecular weight excluding hydrogens is 494 g/mol. The van der Waals surface area contributed by atoms with Crippen LogP contribution < -0.4 is 9.47 Å². The zero-order valence-corrected chi connectivity index (χ0v) is 20.0. The van der Waals surface area contributed by atoms with Crippen LogP contribution in [-0.4, -0.2) is 13.0 Å². The Morgan fingerprint density at radius 2 is 1.30 bits per heavy atom. The van der Waals surface area contributed by atoms with E-state index in [4.69, 9.17) is 4.74 Å². The number of hydrogen-bond acceptors (Lipinski definition) is 2. The first-order valence-electron chi connectivity index (χ1n) is 11.8. The maximum absolute atomic E-state index is 15.2. The van der Waals surface area contributed by atoms with Crippen LogP contribution in [0.25, 0.3) is 10.8 Å². The molecule has 194 valence electrons. The monoisotopic (exact) mass is 518 g/mol. The summed E-state index contributed by atoms with van der Waals surface area (Å²) in [7, 11) is 0. The van der Waals surface area contributed by atoms with Gasteiger partial charge in [0.2, 0.25) is 5.75 Å². The van der Waals surface area contributed by atoms with Crippen LogP contribution in [0.2, 0.25) is 0 Å². The number of alkyl halides is 3. The maximum Gasteiger partial charge on any atom is 0.573 e. The molecular formula is C29H24F6O2. The van der Waals surface area contributed by atoms with Gasteiger partial charge in [-0.3, -0.25) is 0 Å². The Morgan fingerprint density at radius 1 is 0.676 bits per heavy atom. The number of rotatable bonds is 9. The van der Waals surface area contributed by atoms with Gasteiger partial charge >= 0.3 is 6.36 Å². The summed E-state index contributed by atoms with van der Waals surface area (Å²) in [5, 5.41) is 1.16. The zero-order chi connectivity index (χ0) is 26.6. The van der Waals surface area contributed by atoms with Crippen LogP contribution in [0.5, 0.6) is 11.5 Å². The van der Waals surface area contributed by atoms with Crippen molar-refractivity contribution in [2.45, 2.75) is 39.0 Å². The van der Waals surface area contributed by atoms with E-state index in [2.05, 4.69) is 4.74 Å². The highest BCUT2D eigenvalue weighted by Gasteiger charge is 2.34. The lowest BCUT2D eigenvalue weighted by Crippen LogP contribution is -2.19. The van der Waals surface area contributed by atoms with Crippen molar-refractivity contribution in [3.63, 3.8) is 0 Å². The third kappa shape index (κ3) is 6.76. The Balaban J connectivity index is 1.43. The van der Waals surface area contributed by atoms with Gasteiger partial charge in [0.25, 0.3) is 0 Å². The molecule has 0 aliphatic rings. The molecule has 4 rings (SSSR count). The molecule has 0 heterocycles. The van der Waals surface area contributed by atoms with Crippen LogP contribution in [-0.2, 0) is 25.7 Å². The molecule has 0 atom stereocenters. The van der Waals surface area contributed by atoms with Gasteiger partial charge in [0, 0.05) is 5.39 Å². The molecule has 0 aliphatic heterocycles. The molecule has 0 fully saturated rings. The summed E-state index contributed by atoms with van der Waals surface area (Å²) in [5.41, 5.74) is 2.65. The average Bonchev–Trinajstić information content (AvgIpc) is 2.85. The number of hydrogen-bond donors (Lipinski definition) is 0. The first-order chi connectivity index (χ1) is 17.6. The van der Waals surface area contributed by atoms with E-state index in [9.17, 15) is 22.0 Å². The van der Waals surface area contributed by atoms with Crippen molar-refractivity contribution in [3.05, 3.63) is 106 Å². The fourth-order valence-electron chi connectivity index (χ4n) is 4.19. The van der Waals surface area contributed by atoms with E-state index in [1.165, 1.54) is 0 Å². The normalized spacial score (nSPS) is 11.6. The molecule has 8 heteroatoms. The number of ether oxygens (including phenoxy) is 2. The summed E-state index contributed by atoms with van der Waals surface area (Å²) in [6.07, 6.45) is -3.48. The minimum atomic E-state index is -5.22. The van der Waals surface area contributed by atoms with Crippen molar-refractivity contribution in [1.29, 1.82) is 0 Å². The van der Waals surface area contributed by atoms with Gasteiger partial charge in [-0.05, 0) is 84.5 Å². The van der Waals surface area contributed by atoms with E-state index in [1.807, 2.05) is 43.3 Å². The summed E-state index contributed by atoms with van der Waals surface area (Å²) in [6, 6.07) is 18.3. The Labute approximate surface area is 210 Å². The van der Waals surface area contributed by atoms with E-state index in [0.717, 1.165) is 47.2 Å². The van der Waals surface area contributed by atoms with Gasteiger partial charge < -0.3 is 9.47 Å². The maximum atomic E-state index is 15.2. The molecule has 4 aromatic rings. The van der Waals surface area contributed by atoms with Gasteiger partial charge in [0.1, 0.15) is 11.6 Å². The van der Waals surface area contributed by atoms with Crippen molar-refractivity contribution in [2.24, 2.45) is 0 Å². The summed E-state index contributed by atoms with van der Waals surface area (Å²) in [4.78, 5) is 0. The van der Waals surface area contributed by atoms with Crippen molar-refractivity contribution in [2.75, 3.05) is 6.61 Å². The van der Waals surface area contributed by atoms with E-state index < -0.39 is 29.6 Å². The first-order valence-corrected chi connectivity index (χ1v) is 11.8. The first kappa shape index (κ1) is 26.4. The molecule has 0 amide bonds. The summed E-state index contributed by atoms with van der Waals surface area (Å²) >= 11 is 0. The van der Waals surface area contributed by atoms with Crippen LogP contribution in [0.15, 0.2) is 66.7 Å². The van der Waals surface area contributed by atoms with Crippen molar-refractivity contribution in [1.82, 2.24) is 0 Å². The van der Waals surface area contributed by atoms with Gasteiger partial charge in [0.15, 0.2) is 11.6 Å². The summed E-state index contributed by atoms with van der Waals surface area (Å²) < 4.78 is 88.9. The molecule has 0 saturated heterocycles. The number of halogens is 6. The Bertz CT molecular complexity index is 1360. The second-order valence-electron chi connectivity index (χ2n) is 8.61. The second-order valence-corrected chi connectivity index (χ2v) is 8.61. The Hall–Kier alpha value is -3.68. The Kier molecular flexibility index (Phi) is 7.95. The van der Waals surface area contributed by atoms with Gasteiger partial charge in [-0.1, -0.05) is 42.5 Å². The predicted octanol–water partition coefficient (Wildman–Crippen LogP) is 8.12. The van der Waals surface area contributed by atoms with Crippen molar-refractivity contribution in [3.8, 4) is 11.5 Å². The topological polar surface area (TPSA) is 18.5 Å². The fraction of sp³-hybridized carbons (Fsp3) is 0.241. The molecule has 0 N–H and O–H groups in total. The Morgan fingerprint density at radius 3 is 1.95 bits per heavy atom. The third-order valence-electron chi connectivity index (χ3n) is 5.99. The summed E-state index contributed by atoms with van der Waals surface area (Å²) in [5.74, 6) is -4.06. The average molecular weight is 518 g/mol. The number of benzene rings is 4. The highest BCUT2D eigenvalue weighted by Crippen LogP contribution is 2.30. The van der Waals surface area contributed by atoms with E-state index in [-0.39, 0.29) is 18.4 Å². The third-order valence-corrected chi connectivity index (χ3v) is 5.99. The minimum Gasteiger partial charge on any atom is -0.494 e. The van der Waals surface area contributed by atoms with Crippen molar-refractivity contribution < 1.29 is 35.8 Å². The number of fused-ring (bicyclic) bond motifs is 1. The fourth-order valence-corrected chi connectivity index (χ4v) is 4.19. The lowest BCUT2D eigenvalue weighted by molar-refractivity contribution is -0.276. The number of aryl methyl sites for hydroxylation is 4. The van der Waals surface area contributed by atoms with Gasteiger partial charge in [-0.15, -0.1) is 13.2 Å². The highest BCUT2D eigenvalue weighted by molar-refractivity contribution is 5.84. The molecule has 0 spiro atoms. The SMILES string of the molecule is CCOc1ccc(CCc2ccc3c(F)c(CCc4cc(F)c(OC(F)(F)F)c(F)c4)ccc3c2)cc1. The smallest absolute Gasteiger partial charge is 0.494 e. The quantitative estimate of drug-likeness (QED) is 0.208. The molecule has 0 aromatic heterocycles. The second kappa shape index (κ2) is 11.2. The van der Waals surface area contributed by atoms with Crippen molar-refractivity contribution >= 4 is 10.8 Å². The van der Waals surface area contributed by atoms with Crippen LogP contribution >= 0.6 is 0 Å². The summed E-state index contributed by atoms with van der Waals surface area (Å²) in [6.45, 7) is 2.54. The molecule has 2 nitrogen and oxygen atoms in total. The molecule has 0 aliphatic carbocycles. The van der Waals surface area contributed by atoms with Crippen LogP contribution in [0.1, 0.15) is 29.2 Å². The van der Waals surface area contributed by atoms with Gasteiger partial charge in [-0.2, -0.15) is 0 Å². The molecule has 0 unspecified atom stereocenters. The van der Waals surface area contributed by atoms with Crippen LogP contribution in [0, 0.1) is 17.5 Å². The standard InChI is InChI=1S/C29H24F6O2/c1-2-36-23-12-6-18(7-13-23)3-4-19-8-14-24-22(15-19)11-10-21(27(24)32)9-5-20-16-25(30)28(26(31)17-20)37-29(33,34)35/h6-8,10-17H,2-5,9H2,1H3. The van der Waals surface area contributed by atoms with E-state index in [1.54, 1.807) is 18.2 Å². The van der Waals surface area contributed by atoms with Crippen LogP contribution in [0.3, 0.4) is 0 Å². The van der Waals surface area contributed by atoms with Gasteiger partial charge in [0.05, 0.1) is 6.61 Å². The minimum absolute atomic E-state index is 0.0305. The molecule has 0 saturated carbocycles.